The number of nitrogens with one attached hydrogen (secondary N) is 1. The number of benzene rings is 1. The molecule has 0 spiro atoms. The fraction of sp³-hybridized carbons (Fsp3) is 0.278. The van der Waals surface area contributed by atoms with Gasteiger partial charge in [0.1, 0.15) is 11.7 Å². The summed E-state index contributed by atoms with van der Waals surface area (Å²) in [6, 6.07) is 9.60. The quantitative estimate of drug-likeness (QED) is 0.671. The second-order valence-corrected chi connectivity index (χ2v) is 6.11. The van der Waals surface area contributed by atoms with Crippen LogP contribution in [0.25, 0.3) is 0 Å². The first kappa shape index (κ1) is 17.9. The third-order valence-electron chi connectivity index (χ3n) is 4.35. The van der Waals surface area contributed by atoms with Crippen molar-refractivity contribution in [1.82, 2.24) is 9.88 Å². The number of hydrogen-bond acceptors (Lipinski definition) is 3. The van der Waals surface area contributed by atoms with Gasteiger partial charge in [-0.25, -0.2) is 13.8 Å². The van der Waals surface area contributed by atoms with Crippen LogP contribution in [-0.4, -0.2) is 35.3 Å². The average molecular weight is 363 g/mol. The lowest BCUT2D eigenvalue weighted by Gasteiger charge is -2.17. The maximum absolute atomic E-state index is 13.2. The Kier molecular flexibility index (Phi) is 4.92. The highest BCUT2D eigenvalue weighted by molar-refractivity contribution is 6.08. The summed E-state index contributed by atoms with van der Waals surface area (Å²) < 4.78 is 39.1. The highest BCUT2D eigenvalue weighted by atomic mass is 19.3. The summed E-state index contributed by atoms with van der Waals surface area (Å²) in [6.07, 6.45) is -2.64. The number of halogens is 3. The average Bonchev–Trinajstić information content (AvgIpc) is 2.90. The number of amides is 2. The van der Waals surface area contributed by atoms with Gasteiger partial charge in [0.05, 0.1) is 0 Å². The summed E-state index contributed by atoms with van der Waals surface area (Å²) >= 11 is 0. The third-order valence-corrected chi connectivity index (χ3v) is 4.35. The minimum absolute atomic E-state index is 0.0163. The van der Waals surface area contributed by atoms with E-state index in [1.54, 1.807) is 13.1 Å². The summed E-state index contributed by atoms with van der Waals surface area (Å²) in [5.74, 6) is -3.54. The van der Waals surface area contributed by atoms with Gasteiger partial charge in [-0.3, -0.25) is 9.59 Å². The minimum Gasteiger partial charge on any atom is -0.344 e. The predicted molar refractivity (Wildman–Crippen MR) is 88.1 cm³/mol. The van der Waals surface area contributed by atoms with Crippen LogP contribution in [0.3, 0.4) is 0 Å². The van der Waals surface area contributed by atoms with Crippen LogP contribution in [-0.2, 0) is 9.59 Å². The van der Waals surface area contributed by atoms with E-state index in [2.05, 4.69) is 10.3 Å². The van der Waals surface area contributed by atoms with Crippen LogP contribution in [0.4, 0.5) is 19.0 Å². The zero-order valence-electron chi connectivity index (χ0n) is 13.8. The maximum atomic E-state index is 13.2. The lowest BCUT2D eigenvalue weighted by Crippen LogP contribution is -2.33. The Balaban J connectivity index is 1.88. The topological polar surface area (TPSA) is 62.3 Å². The van der Waals surface area contributed by atoms with Gasteiger partial charge in [-0.2, -0.15) is 4.39 Å². The molecule has 1 aromatic carbocycles. The fourth-order valence-corrected chi connectivity index (χ4v) is 3.10. The molecule has 2 aromatic rings. The van der Waals surface area contributed by atoms with Gasteiger partial charge < -0.3 is 10.2 Å². The fourth-order valence-electron chi connectivity index (χ4n) is 3.10. The molecule has 2 atom stereocenters. The number of carbonyl (C=O) groups excluding carboxylic acids is 2. The number of rotatable bonds is 4. The van der Waals surface area contributed by atoms with Crippen LogP contribution in [0, 0.1) is 11.9 Å². The van der Waals surface area contributed by atoms with E-state index < -0.39 is 36.0 Å². The number of carbonyl (C=O) groups is 2. The molecule has 1 fully saturated rings. The lowest BCUT2D eigenvalue weighted by atomic mass is 9.87. The molecule has 1 N–H and O–H groups in total. The number of anilines is 1. The van der Waals surface area contributed by atoms with Crippen molar-refractivity contribution in [2.24, 2.45) is 5.92 Å². The first-order valence-corrected chi connectivity index (χ1v) is 7.93. The molecule has 1 aromatic heterocycles. The van der Waals surface area contributed by atoms with Crippen molar-refractivity contribution < 1.29 is 22.8 Å². The Bertz CT molecular complexity index is 844. The molecular weight excluding hydrogens is 347 g/mol. The molecule has 0 aliphatic carbocycles. The maximum Gasteiger partial charge on any atom is 0.263 e. The minimum atomic E-state index is -2.64. The second kappa shape index (κ2) is 7.15. The molecule has 0 radical (unpaired) electrons. The Morgan fingerprint density at radius 3 is 2.69 bits per heavy atom. The smallest absolute Gasteiger partial charge is 0.263 e. The lowest BCUT2D eigenvalue weighted by molar-refractivity contribution is -0.135. The van der Waals surface area contributed by atoms with Crippen molar-refractivity contribution in [3.8, 4) is 0 Å². The second-order valence-electron chi connectivity index (χ2n) is 6.11. The Hall–Kier alpha value is -2.90. The first-order valence-electron chi connectivity index (χ1n) is 7.93. The number of hydrogen-bond donors (Lipinski definition) is 1. The molecule has 1 aliphatic rings. The van der Waals surface area contributed by atoms with E-state index in [0.717, 1.165) is 6.07 Å². The number of likely N-dealkylation sites (N-methyl/N-ethyl adjacent to an activating group) is 1. The molecule has 136 valence electrons. The van der Waals surface area contributed by atoms with Crippen LogP contribution in [0.1, 0.15) is 23.5 Å². The molecule has 2 heterocycles. The van der Waals surface area contributed by atoms with Crippen LogP contribution >= 0.6 is 0 Å². The van der Waals surface area contributed by atoms with Crippen molar-refractivity contribution in [2.75, 3.05) is 18.9 Å². The van der Waals surface area contributed by atoms with E-state index >= 15 is 0 Å². The van der Waals surface area contributed by atoms with Crippen LogP contribution in [0.15, 0.2) is 42.5 Å². The van der Waals surface area contributed by atoms with Gasteiger partial charge in [0.25, 0.3) is 6.43 Å². The van der Waals surface area contributed by atoms with Crippen molar-refractivity contribution in [3.63, 3.8) is 0 Å². The predicted octanol–water partition coefficient (Wildman–Crippen LogP) is 2.97. The van der Waals surface area contributed by atoms with Gasteiger partial charge in [0.2, 0.25) is 17.8 Å². The van der Waals surface area contributed by atoms with E-state index in [0.29, 0.717) is 5.56 Å². The number of aromatic nitrogens is 1. The van der Waals surface area contributed by atoms with Gasteiger partial charge >= 0.3 is 0 Å². The summed E-state index contributed by atoms with van der Waals surface area (Å²) in [4.78, 5) is 30.0. The van der Waals surface area contributed by atoms with Crippen LogP contribution in [0.2, 0.25) is 0 Å². The highest BCUT2D eigenvalue weighted by Crippen LogP contribution is 2.35. The summed E-state index contributed by atoms with van der Waals surface area (Å²) in [6.45, 7) is 0.222. The molecular formula is C18H16F3N3O2. The van der Waals surface area contributed by atoms with Gasteiger partial charge in [-0.1, -0.05) is 24.3 Å². The Morgan fingerprint density at radius 1 is 1.27 bits per heavy atom. The zero-order valence-corrected chi connectivity index (χ0v) is 13.8. The molecule has 1 saturated heterocycles. The van der Waals surface area contributed by atoms with Gasteiger partial charge in [-0.05, 0) is 23.8 Å². The van der Waals surface area contributed by atoms with E-state index in [1.807, 2.05) is 0 Å². The summed E-state index contributed by atoms with van der Waals surface area (Å²) in [5, 5.41) is 2.43. The van der Waals surface area contributed by atoms with E-state index in [4.69, 9.17) is 0 Å². The number of likely N-dealkylation sites (tertiary alicyclic amines) is 1. The summed E-state index contributed by atoms with van der Waals surface area (Å²) in [7, 11) is 1.54. The standard InChI is InChI=1S/C18H16F3N3O2/c1-24-9-12(10-4-2-5-11(8-10)16(20)21)15(18(24)26)17(25)23-14-7-3-6-13(19)22-14/h2-8,12,15-16H,9H2,1H3,(H,22,23,25)/t12-,15+/m1/s1. The SMILES string of the molecule is CN1C[C@H](c2cccc(C(F)F)c2)[C@@H](C(=O)Nc2cccc(F)n2)C1=O. The molecule has 3 rings (SSSR count). The molecule has 0 saturated carbocycles. The monoisotopic (exact) mass is 363 g/mol. The van der Waals surface area contributed by atoms with Gasteiger partial charge in [0, 0.05) is 25.1 Å². The molecule has 1 aliphatic heterocycles. The van der Waals surface area contributed by atoms with Gasteiger partial charge in [-0.15, -0.1) is 0 Å². The highest BCUT2D eigenvalue weighted by Gasteiger charge is 2.44. The number of pyridine rings is 1. The van der Waals surface area contributed by atoms with Crippen LogP contribution < -0.4 is 5.32 Å². The summed E-state index contributed by atoms with van der Waals surface area (Å²) in [5.41, 5.74) is 0.309. The molecule has 8 heteroatoms. The molecule has 2 amide bonds. The normalized spacial score (nSPS) is 19.9. The number of nitrogens with zero attached hydrogens (tertiary/aromatic N) is 2. The molecule has 5 nitrogen and oxygen atoms in total. The third kappa shape index (κ3) is 3.54. The van der Waals surface area contributed by atoms with Crippen molar-refractivity contribution in [3.05, 3.63) is 59.5 Å². The molecule has 26 heavy (non-hydrogen) atoms. The first-order chi connectivity index (χ1) is 12.4. The molecule has 0 unspecified atom stereocenters. The largest absolute Gasteiger partial charge is 0.344 e. The van der Waals surface area contributed by atoms with Crippen LogP contribution in [0.5, 0.6) is 0 Å². The van der Waals surface area contributed by atoms with E-state index in [-0.39, 0.29) is 17.9 Å². The van der Waals surface area contributed by atoms with Crippen molar-refractivity contribution in [1.29, 1.82) is 0 Å². The number of alkyl halides is 2. The van der Waals surface area contributed by atoms with Crippen molar-refractivity contribution in [2.45, 2.75) is 12.3 Å². The molecule has 0 bridgehead atoms. The Morgan fingerprint density at radius 2 is 2.00 bits per heavy atom. The van der Waals surface area contributed by atoms with E-state index in [1.165, 1.54) is 35.2 Å². The Labute approximate surface area is 147 Å². The van der Waals surface area contributed by atoms with Gasteiger partial charge in [0.15, 0.2) is 0 Å². The van der Waals surface area contributed by atoms with Crippen molar-refractivity contribution >= 4 is 17.6 Å². The van der Waals surface area contributed by atoms with E-state index in [9.17, 15) is 22.8 Å². The zero-order chi connectivity index (χ0) is 18.8.